The van der Waals surface area contributed by atoms with Gasteiger partial charge in [-0.3, -0.25) is 9.59 Å². The highest BCUT2D eigenvalue weighted by molar-refractivity contribution is 5.94. The van der Waals surface area contributed by atoms with Crippen LogP contribution in [0.5, 0.6) is 5.75 Å². The molecule has 0 saturated carbocycles. The second-order valence-corrected chi connectivity index (χ2v) is 10.6. The molecule has 0 fully saturated rings. The van der Waals surface area contributed by atoms with Gasteiger partial charge in [0, 0.05) is 61.9 Å². The number of likely N-dealkylation sites (N-methyl/N-ethyl adjacent to an activating group) is 1. The molecule has 0 bridgehead atoms. The Morgan fingerprint density at radius 2 is 1.73 bits per heavy atom. The maximum absolute atomic E-state index is 13.4. The van der Waals surface area contributed by atoms with Crippen molar-refractivity contribution < 1.29 is 14.3 Å². The molecule has 0 saturated heterocycles. The van der Waals surface area contributed by atoms with Crippen molar-refractivity contribution in [1.82, 2.24) is 14.4 Å². The lowest BCUT2D eigenvalue weighted by Gasteiger charge is -2.28. The fourth-order valence-electron chi connectivity index (χ4n) is 4.94. The predicted octanol–water partition coefficient (Wildman–Crippen LogP) is 4.61. The van der Waals surface area contributed by atoms with E-state index in [9.17, 15) is 9.59 Å². The first-order valence-corrected chi connectivity index (χ1v) is 13.3. The number of aromatic nitrogens is 1. The van der Waals surface area contributed by atoms with Crippen molar-refractivity contribution in [2.45, 2.75) is 40.2 Å². The largest absolute Gasteiger partial charge is 0.484 e. The van der Waals surface area contributed by atoms with Crippen molar-refractivity contribution in [3.8, 4) is 5.75 Å². The molecule has 2 aromatic carbocycles. The third kappa shape index (κ3) is 6.52. The van der Waals surface area contributed by atoms with E-state index >= 15 is 0 Å². The van der Waals surface area contributed by atoms with Gasteiger partial charge in [0.1, 0.15) is 5.75 Å². The number of hydrogen-bond acceptors (Lipinski definition) is 4. The molecular formula is C30H40N4O3. The fraction of sp³-hybridized carbons (Fsp3) is 0.467. The van der Waals surface area contributed by atoms with Crippen LogP contribution in [-0.2, 0) is 23.2 Å². The zero-order valence-electron chi connectivity index (χ0n) is 22.9. The van der Waals surface area contributed by atoms with Gasteiger partial charge in [0.15, 0.2) is 6.61 Å². The number of carbonyl (C=O) groups excluding carboxylic acids is 2. The van der Waals surface area contributed by atoms with Crippen LogP contribution in [0, 0.1) is 12.8 Å². The number of carbonyl (C=O) groups is 2. The molecule has 0 radical (unpaired) electrons. The minimum Gasteiger partial charge on any atom is -0.484 e. The number of hydrogen-bond donors (Lipinski definition) is 0. The second-order valence-electron chi connectivity index (χ2n) is 10.6. The van der Waals surface area contributed by atoms with E-state index in [4.69, 9.17) is 4.74 Å². The van der Waals surface area contributed by atoms with E-state index in [0.717, 1.165) is 41.7 Å². The van der Waals surface area contributed by atoms with Crippen molar-refractivity contribution >= 4 is 28.4 Å². The molecule has 0 unspecified atom stereocenters. The highest BCUT2D eigenvalue weighted by Gasteiger charge is 2.23. The molecule has 7 heteroatoms. The number of aryl methyl sites for hydroxylation is 2. The fourth-order valence-corrected chi connectivity index (χ4v) is 4.94. The van der Waals surface area contributed by atoms with E-state index in [1.807, 2.05) is 59.3 Å². The Bertz CT molecular complexity index is 1250. The summed E-state index contributed by atoms with van der Waals surface area (Å²) in [6.07, 6.45) is 1.39. The van der Waals surface area contributed by atoms with Gasteiger partial charge in [0.25, 0.3) is 5.91 Å². The van der Waals surface area contributed by atoms with Gasteiger partial charge in [-0.05, 0) is 68.8 Å². The van der Waals surface area contributed by atoms with Gasteiger partial charge in [0.2, 0.25) is 5.91 Å². The monoisotopic (exact) mass is 504 g/mol. The van der Waals surface area contributed by atoms with Crippen molar-refractivity contribution in [2.75, 3.05) is 44.7 Å². The van der Waals surface area contributed by atoms with Gasteiger partial charge in [0.05, 0.1) is 0 Å². The maximum atomic E-state index is 13.4. The molecule has 0 N–H and O–H groups in total. The molecule has 0 atom stereocenters. The average Bonchev–Trinajstić information content (AvgIpc) is 3.13. The lowest BCUT2D eigenvalue weighted by atomic mass is 10.1. The topological polar surface area (TPSA) is 58.0 Å². The molecule has 3 aromatic rings. The number of para-hydroxylation sites is 1. The van der Waals surface area contributed by atoms with E-state index in [2.05, 4.69) is 43.4 Å². The number of anilines is 1. The summed E-state index contributed by atoms with van der Waals surface area (Å²) in [4.78, 5) is 32.6. The first kappa shape index (κ1) is 26.7. The molecule has 0 spiro atoms. The first-order valence-electron chi connectivity index (χ1n) is 13.3. The summed E-state index contributed by atoms with van der Waals surface area (Å²) in [5, 5.41) is 1.10. The minimum absolute atomic E-state index is 0.0286. The lowest BCUT2D eigenvalue weighted by molar-refractivity contribution is -0.134. The highest BCUT2D eigenvalue weighted by atomic mass is 16.5. The van der Waals surface area contributed by atoms with E-state index in [1.165, 1.54) is 5.69 Å². The van der Waals surface area contributed by atoms with Crippen LogP contribution >= 0.6 is 0 Å². The zero-order chi connectivity index (χ0) is 26.5. The molecular weight excluding hydrogens is 464 g/mol. The summed E-state index contributed by atoms with van der Waals surface area (Å²) in [5.41, 5.74) is 4.20. The number of nitrogens with zero attached hydrogens (tertiary/aromatic N) is 4. The van der Waals surface area contributed by atoms with Crippen LogP contribution in [0.15, 0.2) is 48.5 Å². The minimum atomic E-state index is -0.0631. The van der Waals surface area contributed by atoms with Gasteiger partial charge in [-0.2, -0.15) is 0 Å². The Balaban J connectivity index is 1.54. The zero-order valence-corrected chi connectivity index (χ0v) is 22.9. The lowest BCUT2D eigenvalue weighted by Crippen LogP contribution is -2.39. The van der Waals surface area contributed by atoms with Crippen LogP contribution < -0.4 is 9.64 Å². The molecule has 0 aliphatic carbocycles. The van der Waals surface area contributed by atoms with Crippen molar-refractivity contribution in [3.05, 3.63) is 59.8 Å². The Hall–Kier alpha value is -3.32. The molecule has 1 aromatic heterocycles. The van der Waals surface area contributed by atoms with Gasteiger partial charge in [-0.1, -0.05) is 32.0 Å². The van der Waals surface area contributed by atoms with Gasteiger partial charge >= 0.3 is 0 Å². The van der Waals surface area contributed by atoms with Crippen LogP contribution in [0.4, 0.5) is 5.69 Å². The standard InChI is InChI=1S/C30H40N4O3/c1-22(2)17-29(35)34-14-8-13-31(4)15-16-33(20-24-9-6-7-10-28(24)34)30(36)21-37-26-11-12-27-25(19-26)18-23(3)32(27)5/h6-7,9-12,18-19,22H,8,13-17,20-21H2,1-5H3. The molecule has 4 rings (SSSR count). The van der Waals surface area contributed by atoms with Gasteiger partial charge in [-0.25, -0.2) is 0 Å². The number of rotatable bonds is 5. The summed E-state index contributed by atoms with van der Waals surface area (Å²) < 4.78 is 8.11. The molecule has 2 heterocycles. The van der Waals surface area contributed by atoms with Gasteiger partial charge in [-0.15, -0.1) is 0 Å². The van der Waals surface area contributed by atoms with E-state index < -0.39 is 0 Å². The van der Waals surface area contributed by atoms with Gasteiger partial charge < -0.3 is 24.0 Å². The number of ether oxygens (including phenoxy) is 1. The summed E-state index contributed by atoms with van der Waals surface area (Å²) >= 11 is 0. The smallest absolute Gasteiger partial charge is 0.260 e. The van der Waals surface area contributed by atoms with E-state index in [0.29, 0.717) is 31.8 Å². The van der Waals surface area contributed by atoms with Crippen molar-refractivity contribution in [3.63, 3.8) is 0 Å². The van der Waals surface area contributed by atoms with Crippen molar-refractivity contribution in [2.24, 2.45) is 13.0 Å². The summed E-state index contributed by atoms with van der Waals surface area (Å²) in [6, 6.07) is 16.0. The summed E-state index contributed by atoms with van der Waals surface area (Å²) in [5.74, 6) is 1.05. The molecule has 1 aliphatic rings. The number of fused-ring (bicyclic) bond motifs is 2. The quantitative estimate of drug-likeness (QED) is 0.509. The number of benzene rings is 2. The van der Waals surface area contributed by atoms with E-state index in [-0.39, 0.29) is 24.3 Å². The van der Waals surface area contributed by atoms with Crippen LogP contribution in [0.1, 0.15) is 37.9 Å². The Labute approximate surface area is 220 Å². The molecule has 37 heavy (non-hydrogen) atoms. The summed E-state index contributed by atoms with van der Waals surface area (Å²) in [7, 11) is 4.12. The molecule has 2 amide bonds. The summed E-state index contributed by atoms with van der Waals surface area (Å²) in [6.45, 7) is 9.53. The van der Waals surface area contributed by atoms with E-state index in [1.54, 1.807) is 0 Å². The molecule has 198 valence electrons. The van der Waals surface area contributed by atoms with Crippen LogP contribution in [0.2, 0.25) is 0 Å². The predicted molar refractivity (Wildman–Crippen MR) is 149 cm³/mol. The Kier molecular flexibility index (Phi) is 8.54. The molecule has 7 nitrogen and oxygen atoms in total. The Morgan fingerprint density at radius 3 is 2.51 bits per heavy atom. The first-order chi connectivity index (χ1) is 17.7. The Morgan fingerprint density at radius 1 is 0.946 bits per heavy atom. The molecule has 1 aliphatic heterocycles. The van der Waals surface area contributed by atoms with Crippen molar-refractivity contribution in [1.29, 1.82) is 0 Å². The third-order valence-corrected chi connectivity index (χ3v) is 7.17. The van der Waals surface area contributed by atoms with Crippen LogP contribution in [-0.4, -0.2) is 66.0 Å². The van der Waals surface area contributed by atoms with Crippen LogP contribution in [0.3, 0.4) is 0 Å². The van der Waals surface area contributed by atoms with Crippen LogP contribution in [0.25, 0.3) is 10.9 Å². The number of amides is 2. The highest BCUT2D eigenvalue weighted by Crippen LogP contribution is 2.26. The average molecular weight is 505 g/mol. The SMILES string of the molecule is Cc1cc2cc(OCC(=O)N3CCN(C)CCCN(C(=O)CC(C)C)c4ccccc4C3)ccc2n1C. The third-order valence-electron chi connectivity index (χ3n) is 7.17. The second kappa shape index (κ2) is 11.8. The normalized spacial score (nSPS) is 15.5. The maximum Gasteiger partial charge on any atom is 0.260 e.